The summed E-state index contributed by atoms with van der Waals surface area (Å²) in [5.41, 5.74) is 2.40. The maximum atomic E-state index is 11.3. The largest absolute Gasteiger partial charge is 0.510 e. The average molecular weight is 466 g/mol. The Morgan fingerprint density at radius 3 is 2.71 bits per heavy atom. The molecule has 1 aromatic carbocycles. The van der Waals surface area contributed by atoms with E-state index in [0.29, 0.717) is 29.9 Å². The molecule has 0 radical (unpaired) electrons. The molecule has 0 amide bonds. The fourth-order valence-electron chi connectivity index (χ4n) is 8.79. The van der Waals surface area contributed by atoms with E-state index >= 15 is 0 Å². The lowest BCUT2D eigenvalue weighted by atomic mass is 9.49. The molecule has 0 spiro atoms. The van der Waals surface area contributed by atoms with Crippen LogP contribution in [0.5, 0.6) is 5.75 Å². The number of methoxy groups -OCH3 is 1. The van der Waals surface area contributed by atoms with Crippen molar-refractivity contribution >= 4 is 11.0 Å². The van der Waals surface area contributed by atoms with Gasteiger partial charge in [-0.2, -0.15) is 9.90 Å². The minimum absolute atomic E-state index is 0.0858. The van der Waals surface area contributed by atoms with E-state index in [9.17, 15) is 10.2 Å². The van der Waals surface area contributed by atoms with Crippen molar-refractivity contribution in [1.82, 2.24) is 15.0 Å². The van der Waals surface area contributed by atoms with Crippen molar-refractivity contribution in [1.29, 1.82) is 0 Å². The Morgan fingerprint density at radius 1 is 1.06 bits per heavy atom. The van der Waals surface area contributed by atoms with Gasteiger partial charge in [0.25, 0.3) is 0 Å². The molecule has 6 heteroatoms. The molecule has 0 unspecified atom stereocenters. The van der Waals surface area contributed by atoms with Gasteiger partial charge in [0.05, 0.1) is 12.7 Å². The second-order valence-electron chi connectivity index (χ2n) is 12.2. The average Bonchev–Trinajstić information content (AvgIpc) is 3.37. The highest BCUT2D eigenvalue weighted by Crippen LogP contribution is 2.64. The van der Waals surface area contributed by atoms with Crippen LogP contribution in [-0.2, 0) is 6.54 Å². The minimum Gasteiger partial charge on any atom is -0.510 e. The summed E-state index contributed by atoms with van der Waals surface area (Å²) < 4.78 is 5.43. The van der Waals surface area contributed by atoms with Crippen molar-refractivity contribution in [2.75, 3.05) is 7.11 Å². The summed E-state index contributed by atoms with van der Waals surface area (Å²) in [6.45, 7) is 4.78. The molecule has 6 rings (SSSR count). The smallest absolute Gasteiger partial charge is 0.155 e. The quantitative estimate of drug-likeness (QED) is 0.572. The van der Waals surface area contributed by atoms with Gasteiger partial charge in [-0.3, -0.25) is 0 Å². The van der Waals surface area contributed by atoms with Gasteiger partial charge in [0.2, 0.25) is 0 Å². The Morgan fingerprint density at radius 2 is 1.88 bits per heavy atom. The summed E-state index contributed by atoms with van der Waals surface area (Å²) in [6.07, 6.45) is 10.3. The number of ether oxygens (including phenoxy) is 1. The number of rotatable bonds is 3. The molecule has 4 saturated carbocycles. The molecule has 2 aromatic rings. The van der Waals surface area contributed by atoms with Gasteiger partial charge in [0.1, 0.15) is 23.6 Å². The summed E-state index contributed by atoms with van der Waals surface area (Å²) in [7, 11) is 1.65. The predicted molar refractivity (Wildman–Crippen MR) is 131 cm³/mol. The topological polar surface area (TPSA) is 80.4 Å². The van der Waals surface area contributed by atoms with Crippen LogP contribution in [0.4, 0.5) is 0 Å². The van der Waals surface area contributed by atoms with Crippen molar-refractivity contribution in [2.45, 2.75) is 83.8 Å². The molecule has 1 heterocycles. The molecule has 4 aliphatic carbocycles. The first-order chi connectivity index (χ1) is 16.3. The first-order valence-electron chi connectivity index (χ1n) is 13.3. The third kappa shape index (κ3) is 3.47. The highest BCUT2D eigenvalue weighted by atomic mass is 16.5. The second kappa shape index (κ2) is 7.97. The number of nitrogens with zero attached hydrogens (tertiary/aromatic N) is 3. The van der Waals surface area contributed by atoms with Gasteiger partial charge in [0.15, 0.2) is 5.52 Å². The Kier molecular flexibility index (Phi) is 5.25. The number of hydrogen-bond acceptors (Lipinski definition) is 5. The fourth-order valence-corrected chi connectivity index (χ4v) is 8.79. The Bertz CT molecular complexity index is 1120. The van der Waals surface area contributed by atoms with Crippen molar-refractivity contribution in [3.63, 3.8) is 0 Å². The molecular weight excluding hydrogens is 426 g/mol. The van der Waals surface area contributed by atoms with Crippen LogP contribution >= 0.6 is 0 Å². The Balaban J connectivity index is 1.24. The van der Waals surface area contributed by atoms with Crippen molar-refractivity contribution < 1.29 is 14.9 Å². The second-order valence-corrected chi connectivity index (χ2v) is 12.2. The minimum atomic E-state index is -0.457. The zero-order valence-corrected chi connectivity index (χ0v) is 20.8. The van der Waals surface area contributed by atoms with Crippen molar-refractivity contribution in [2.24, 2.45) is 35.0 Å². The van der Waals surface area contributed by atoms with Crippen LogP contribution in [0.1, 0.15) is 71.6 Å². The van der Waals surface area contributed by atoms with E-state index in [1.807, 2.05) is 25.1 Å². The lowest BCUT2D eigenvalue weighted by molar-refractivity contribution is -0.0902. The van der Waals surface area contributed by atoms with E-state index in [1.165, 1.54) is 44.1 Å². The molecule has 1 aromatic heterocycles. The van der Waals surface area contributed by atoms with Gasteiger partial charge < -0.3 is 14.9 Å². The van der Waals surface area contributed by atoms with Crippen LogP contribution in [-0.4, -0.2) is 37.9 Å². The van der Waals surface area contributed by atoms with Gasteiger partial charge >= 0.3 is 0 Å². The molecule has 184 valence electrons. The van der Waals surface area contributed by atoms with Crippen LogP contribution in [0.2, 0.25) is 0 Å². The zero-order valence-electron chi connectivity index (χ0n) is 20.8. The van der Waals surface area contributed by atoms with Gasteiger partial charge in [-0.05, 0) is 117 Å². The predicted octanol–water partition coefficient (Wildman–Crippen LogP) is 5.66. The first-order valence-corrected chi connectivity index (χ1v) is 13.3. The molecule has 4 fully saturated rings. The summed E-state index contributed by atoms with van der Waals surface area (Å²) in [5, 5.41) is 31.2. The van der Waals surface area contributed by atoms with Gasteiger partial charge in [-0.15, -0.1) is 5.10 Å². The third-order valence-electron chi connectivity index (χ3n) is 10.3. The number of aliphatic hydroxyl groups excluding tert-OH is 1. The molecule has 2 N–H and O–H groups in total. The molecule has 0 aliphatic heterocycles. The Hall–Kier alpha value is -2.08. The highest BCUT2D eigenvalue weighted by molar-refractivity contribution is 5.80. The molecular formula is C28H39N3O3. The van der Waals surface area contributed by atoms with Crippen LogP contribution in [0.15, 0.2) is 29.5 Å². The number of fused-ring (bicyclic) bond motifs is 6. The van der Waals surface area contributed by atoms with Gasteiger partial charge in [-0.25, -0.2) is 0 Å². The fraction of sp³-hybridized carbons (Fsp3) is 0.714. The van der Waals surface area contributed by atoms with Gasteiger partial charge in [0, 0.05) is 0 Å². The maximum Gasteiger partial charge on any atom is 0.155 e. The van der Waals surface area contributed by atoms with Crippen LogP contribution in [0.3, 0.4) is 0 Å². The number of benzene rings is 1. The summed E-state index contributed by atoms with van der Waals surface area (Å²) in [4.78, 5) is 1.62. The Labute approximate surface area is 202 Å². The summed E-state index contributed by atoms with van der Waals surface area (Å²) >= 11 is 0. The monoisotopic (exact) mass is 465 g/mol. The molecule has 4 aliphatic rings. The van der Waals surface area contributed by atoms with Gasteiger partial charge in [-0.1, -0.05) is 13.0 Å². The van der Waals surface area contributed by atoms with E-state index in [0.717, 1.165) is 48.0 Å². The highest BCUT2D eigenvalue weighted by Gasteiger charge is 2.56. The molecule has 0 bridgehead atoms. The normalized spacial score (nSPS) is 41.0. The molecule has 0 saturated heterocycles. The van der Waals surface area contributed by atoms with E-state index in [-0.39, 0.29) is 5.41 Å². The molecule has 34 heavy (non-hydrogen) atoms. The van der Waals surface area contributed by atoms with E-state index < -0.39 is 5.60 Å². The third-order valence-corrected chi connectivity index (χ3v) is 10.3. The van der Waals surface area contributed by atoms with Crippen LogP contribution in [0.25, 0.3) is 11.0 Å². The van der Waals surface area contributed by atoms with E-state index in [2.05, 4.69) is 17.1 Å². The number of hydrogen-bond donors (Lipinski definition) is 2. The van der Waals surface area contributed by atoms with E-state index in [4.69, 9.17) is 4.74 Å². The standard InChI is InChI=1S/C28H39N3O3/c1-27(33)13-11-18-17(15-27)7-8-20-19(18)12-14-28(2)21(20)9-10-22(28)24(32)16-31-29-23-5-4-6-25(34-3)26(23)30-31/h4-6,17-21,32-33H,7-16H2,1-3H3/b24-22+/t17-,18+,19-,20-,21+,27-,28+/m1/s1. The lowest BCUT2D eigenvalue weighted by Crippen LogP contribution is -2.49. The van der Waals surface area contributed by atoms with Crippen LogP contribution in [0, 0.1) is 35.0 Å². The van der Waals surface area contributed by atoms with Crippen LogP contribution < -0.4 is 4.74 Å². The maximum absolute atomic E-state index is 11.3. The lowest BCUT2D eigenvalue weighted by Gasteiger charge is -2.56. The number of allylic oxidation sites excluding steroid dienone is 2. The van der Waals surface area contributed by atoms with E-state index in [1.54, 1.807) is 11.9 Å². The molecule has 7 atom stereocenters. The summed E-state index contributed by atoms with van der Waals surface area (Å²) in [5.74, 6) is 4.91. The first kappa shape index (κ1) is 22.4. The van der Waals surface area contributed by atoms with Crippen molar-refractivity contribution in [3.05, 3.63) is 29.5 Å². The van der Waals surface area contributed by atoms with Crippen molar-refractivity contribution in [3.8, 4) is 5.75 Å². The number of aliphatic hydroxyl groups is 2. The number of aromatic nitrogens is 3. The zero-order chi connectivity index (χ0) is 23.7. The molecule has 6 nitrogen and oxygen atoms in total. The SMILES string of the molecule is COc1cccc2nn(C/C(O)=C3/CC[C@H]4[C@@H]5CC[C@@H]6C[C@](C)(O)CC[C@@H]6[C@H]5CC[C@]34C)nc12. The summed E-state index contributed by atoms with van der Waals surface area (Å²) in [6, 6.07) is 5.74.